The van der Waals surface area contributed by atoms with E-state index in [4.69, 9.17) is 18.0 Å². The van der Waals surface area contributed by atoms with Crippen LogP contribution in [0.2, 0.25) is 4.34 Å². The highest BCUT2D eigenvalue weighted by Crippen LogP contribution is 2.21. The second-order valence-electron chi connectivity index (χ2n) is 3.27. The van der Waals surface area contributed by atoms with Crippen LogP contribution >= 0.6 is 46.9 Å². The maximum atomic E-state index is 5.86. The number of rotatable bonds is 5. The lowest BCUT2D eigenvalue weighted by Gasteiger charge is -2.08. The van der Waals surface area contributed by atoms with Crippen LogP contribution in [0.5, 0.6) is 0 Å². The van der Waals surface area contributed by atoms with Crippen molar-refractivity contribution in [2.75, 3.05) is 19.6 Å². The molecule has 0 spiro atoms. The molecule has 0 saturated carbocycles. The van der Waals surface area contributed by atoms with Crippen LogP contribution < -0.4 is 10.6 Å². The topological polar surface area (TPSA) is 36.4 Å². The van der Waals surface area contributed by atoms with Crippen LogP contribution in [0.3, 0.4) is 0 Å². The lowest BCUT2D eigenvalue weighted by atomic mass is 10.3. The molecule has 1 aromatic heterocycles. The van der Waals surface area contributed by atoms with Gasteiger partial charge in [-0.2, -0.15) is 0 Å². The van der Waals surface area contributed by atoms with E-state index in [0.717, 1.165) is 29.8 Å². The quantitative estimate of drug-likeness (QED) is 0.347. The Morgan fingerprint density at radius 2 is 2.28 bits per heavy atom. The van der Waals surface area contributed by atoms with Gasteiger partial charge in [-0.05, 0) is 19.1 Å². The van der Waals surface area contributed by atoms with Crippen molar-refractivity contribution >= 4 is 52.9 Å². The Kier molecular flexibility index (Phi) is 10.2. The first-order chi connectivity index (χ1) is 8.26. The maximum Gasteiger partial charge on any atom is 0.192 e. The van der Waals surface area contributed by atoms with Crippen LogP contribution in [0.25, 0.3) is 0 Å². The number of terminal acetylenes is 1. The summed E-state index contributed by atoms with van der Waals surface area (Å²) in [6, 6.07) is 3.94. The third-order valence-corrected chi connectivity index (χ3v) is 3.25. The molecule has 0 unspecified atom stereocenters. The van der Waals surface area contributed by atoms with Gasteiger partial charge in [0.05, 0.1) is 10.9 Å². The van der Waals surface area contributed by atoms with Gasteiger partial charge in [0.15, 0.2) is 5.96 Å². The summed E-state index contributed by atoms with van der Waals surface area (Å²) < 4.78 is 0.821. The van der Waals surface area contributed by atoms with Crippen molar-refractivity contribution in [2.24, 2.45) is 4.99 Å². The molecular formula is C12H17ClIN3S. The van der Waals surface area contributed by atoms with Gasteiger partial charge in [-0.25, -0.2) is 0 Å². The number of hydrogen-bond donors (Lipinski definition) is 2. The molecule has 1 aromatic rings. The van der Waals surface area contributed by atoms with Gasteiger partial charge in [0.25, 0.3) is 0 Å². The van der Waals surface area contributed by atoms with Crippen molar-refractivity contribution in [2.45, 2.75) is 13.3 Å². The molecule has 0 fully saturated rings. The molecule has 0 aliphatic heterocycles. The van der Waals surface area contributed by atoms with E-state index in [1.807, 2.05) is 19.1 Å². The molecule has 0 radical (unpaired) electrons. The zero-order valence-electron chi connectivity index (χ0n) is 10.2. The first-order valence-electron chi connectivity index (χ1n) is 5.46. The minimum atomic E-state index is 0. The van der Waals surface area contributed by atoms with Gasteiger partial charge in [0.1, 0.15) is 0 Å². The van der Waals surface area contributed by atoms with E-state index in [9.17, 15) is 0 Å². The molecule has 100 valence electrons. The summed E-state index contributed by atoms with van der Waals surface area (Å²) in [5, 5.41) is 6.17. The number of aliphatic imine (C=N–C) groups is 1. The fourth-order valence-corrected chi connectivity index (χ4v) is 2.32. The van der Waals surface area contributed by atoms with Crippen molar-refractivity contribution in [1.82, 2.24) is 10.6 Å². The Morgan fingerprint density at radius 3 is 2.83 bits per heavy atom. The number of halogens is 2. The summed E-state index contributed by atoms with van der Waals surface area (Å²) in [4.78, 5) is 5.66. The summed E-state index contributed by atoms with van der Waals surface area (Å²) in [5.41, 5.74) is 0. The van der Waals surface area contributed by atoms with Crippen LogP contribution in [0.15, 0.2) is 17.1 Å². The fraction of sp³-hybridized carbons (Fsp3) is 0.417. The lowest BCUT2D eigenvalue weighted by Crippen LogP contribution is -2.37. The third kappa shape index (κ3) is 7.09. The van der Waals surface area contributed by atoms with Crippen molar-refractivity contribution in [3.05, 3.63) is 21.3 Å². The maximum absolute atomic E-state index is 5.86. The van der Waals surface area contributed by atoms with Crippen molar-refractivity contribution in [3.63, 3.8) is 0 Å². The lowest BCUT2D eigenvalue weighted by molar-refractivity contribution is 0.858. The second-order valence-corrected chi connectivity index (χ2v) is 5.07. The van der Waals surface area contributed by atoms with Gasteiger partial charge in [0.2, 0.25) is 0 Å². The van der Waals surface area contributed by atoms with Crippen molar-refractivity contribution in [3.8, 4) is 12.3 Å². The zero-order chi connectivity index (χ0) is 12.5. The molecule has 2 N–H and O–H groups in total. The highest BCUT2D eigenvalue weighted by atomic mass is 127. The Morgan fingerprint density at radius 1 is 1.50 bits per heavy atom. The predicted molar refractivity (Wildman–Crippen MR) is 91.3 cm³/mol. The molecule has 0 aromatic carbocycles. The molecule has 0 amide bonds. The summed E-state index contributed by atoms with van der Waals surface area (Å²) in [6.45, 7) is 4.04. The van der Waals surface area contributed by atoms with Crippen molar-refractivity contribution < 1.29 is 0 Å². The van der Waals surface area contributed by atoms with Gasteiger partial charge in [-0.3, -0.25) is 4.99 Å². The number of nitrogens with zero attached hydrogens (tertiary/aromatic N) is 1. The van der Waals surface area contributed by atoms with E-state index in [1.165, 1.54) is 4.88 Å². The molecule has 1 rings (SSSR count). The van der Waals surface area contributed by atoms with Crippen molar-refractivity contribution in [1.29, 1.82) is 0 Å². The van der Waals surface area contributed by atoms with Gasteiger partial charge >= 0.3 is 0 Å². The number of nitrogens with one attached hydrogen (secondary N) is 2. The van der Waals surface area contributed by atoms with Crippen LogP contribution in [0.4, 0.5) is 0 Å². The molecule has 0 atom stereocenters. The number of thiophene rings is 1. The predicted octanol–water partition coefficient (Wildman–Crippen LogP) is 2.75. The average molecular weight is 398 g/mol. The minimum Gasteiger partial charge on any atom is -0.357 e. The molecular weight excluding hydrogens is 381 g/mol. The third-order valence-electron chi connectivity index (χ3n) is 1.96. The highest BCUT2D eigenvalue weighted by molar-refractivity contribution is 14.0. The SMILES string of the molecule is C#CCNC(=NCCc1ccc(Cl)s1)NCC.I. The monoisotopic (exact) mass is 397 g/mol. The fourth-order valence-electron chi connectivity index (χ4n) is 1.24. The van der Waals surface area contributed by atoms with E-state index in [0.29, 0.717) is 6.54 Å². The molecule has 0 aliphatic rings. The van der Waals surface area contributed by atoms with Crippen LogP contribution in [0.1, 0.15) is 11.8 Å². The molecule has 6 heteroatoms. The smallest absolute Gasteiger partial charge is 0.192 e. The van der Waals surface area contributed by atoms with Crippen LogP contribution in [0, 0.1) is 12.3 Å². The molecule has 0 aliphatic carbocycles. The summed E-state index contributed by atoms with van der Waals surface area (Å²) >= 11 is 7.45. The molecule has 18 heavy (non-hydrogen) atoms. The first-order valence-corrected chi connectivity index (χ1v) is 6.65. The highest BCUT2D eigenvalue weighted by Gasteiger charge is 1.98. The number of hydrogen-bond acceptors (Lipinski definition) is 2. The first kappa shape index (κ1) is 17.6. The Labute approximate surface area is 134 Å². The normalized spacial score (nSPS) is 10.4. The Bertz CT molecular complexity index is 412. The van der Waals surface area contributed by atoms with Crippen LogP contribution in [-0.2, 0) is 6.42 Å². The zero-order valence-corrected chi connectivity index (χ0v) is 14.1. The van der Waals surface area contributed by atoms with E-state index in [2.05, 4.69) is 21.5 Å². The van der Waals surface area contributed by atoms with Gasteiger partial charge < -0.3 is 10.6 Å². The van der Waals surface area contributed by atoms with Gasteiger partial charge in [-0.1, -0.05) is 17.5 Å². The largest absolute Gasteiger partial charge is 0.357 e. The standard InChI is InChI=1S/C12H16ClN3S.HI/c1-3-8-15-12(14-4-2)16-9-7-10-5-6-11(13)17-10;/h1,5-6H,4,7-9H2,2H3,(H2,14,15,16);1H. The van der Waals surface area contributed by atoms with Crippen LogP contribution in [-0.4, -0.2) is 25.6 Å². The van der Waals surface area contributed by atoms with E-state index < -0.39 is 0 Å². The van der Waals surface area contributed by atoms with E-state index >= 15 is 0 Å². The van der Waals surface area contributed by atoms with Gasteiger partial charge in [0, 0.05) is 24.4 Å². The Hall–Kier alpha value is -0.450. The minimum absolute atomic E-state index is 0. The Balaban J connectivity index is 0.00000289. The molecule has 0 bridgehead atoms. The number of guanidine groups is 1. The summed E-state index contributed by atoms with van der Waals surface area (Å²) in [7, 11) is 0. The molecule has 3 nitrogen and oxygen atoms in total. The van der Waals surface area contributed by atoms with Gasteiger partial charge in [-0.15, -0.1) is 41.7 Å². The van der Waals surface area contributed by atoms with E-state index in [-0.39, 0.29) is 24.0 Å². The molecule has 0 saturated heterocycles. The summed E-state index contributed by atoms with van der Waals surface area (Å²) in [6.07, 6.45) is 6.08. The van der Waals surface area contributed by atoms with E-state index in [1.54, 1.807) is 11.3 Å². The second kappa shape index (κ2) is 10.5. The summed E-state index contributed by atoms with van der Waals surface area (Å²) in [5.74, 6) is 3.28. The average Bonchev–Trinajstić information content (AvgIpc) is 2.72. The molecule has 1 heterocycles.